The van der Waals surface area contributed by atoms with E-state index in [2.05, 4.69) is 32.1 Å². The van der Waals surface area contributed by atoms with Gasteiger partial charge >= 0.3 is 5.97 Å². The number of nitrogens with zero attached hydrogens (tertiary/aromatic N) is 6. The van der Waals surface area contributed by atoms with Gasteiger partial charge in [0.1, 0.15) is 12.7 Å². The number of aryl methyl sites for hydroxylation is 1. The molecule has 59 heavy (non-hydrogen) atoms. The number of Topliss-reactive ketones (excluding diaryl/α,β-unsaturated/α-hetero) is 1. The molecular formula is C47H47N7O5. The molecule has 2 aliphatic rings. The zero-order valence-electron chi connectivity index (χ0n) is 33.3. The molecule has 0 fully saturated rings. The summed E-state index contributed by atoms with van der Waals surface area (Å²) in [6, 6.07) is 30.5. The highest BCUT2D eigenvalue weighted by Crippen LogP contribution is 2.34. The average molecular weight is 790 g/mol. The van der Waals surface area contributed by atoms with Crippen molar-refractivity contribution in [2.24, 2.45) is 5.73 Å². The van der Waals surface area contributed by atoms with E-state index >= 15 is 0 Å². The number of aromatic nitrogens is 4. The molecule has 0 aliphatic carbocycles. The van der Waals surface area contributed by atoms with Crippen molar-refractivity contribution >= 4 is 34.9 Å². The fourth-order valence-electron chi connectivity index (χ4n) is 7.01. The Bertz CT molecular complexity index is 2390. The highest BCUT2D eigenvalue weighted by Gasteiger charge is 2.25. The molecule has 4 heterocycles. The Morgan fingerprint density at radius 3 is 1.47 bits per heavy atom. The minimum Gasteiger partial charge on any atom is -0.478 e. The molecule has 2 amide bonds. The monoisotopic (exact) mass is 789 g/mol. The third-order valence-electron chi connectivity index (χ3n) is 10.3. The van der Waals surface area contributed by atoms with Gasteiger partial charge in [0.15, 0.2) is 5.78 Å². The van der Waals surface area contributed by atoms with Gasteiger partial charge in [0.2, 0.25) is 11.8 Å². The molecule has 300 valence electrons. The molecule has 0 unspecified atom stereocenters. The number of carbonyl (C=O) groups is 4. The molecule has 4 aromatic carbocycles. The molecule has 6 aromatic rings. The molecule has 8 rings (SSSR count). The van der Waals surface area contributed by atoms with Gasteiger partial charge in [0.05, 0.1) is 11.3 Å². The predicted molar refractivity (Wildman–Crippen MR) is 228 cm³/mol. The summed E-state index contributed by atoms with van der Waals surface area (Å²) >= 11 is 0. The van der Waals surface area contributed by atoms with Crippen molar-refractivity contribution in [1.82, 2.24) is 19.9 Å². The number of hydrogen-bond acceptors (Lipinski definition) is 9. The smallest absolute Gasteiger partial charge is 0.335 e. The minimum absolute atomic E-state index is 0.109. The van der Waals surface area contributed by atoms with E-state index in [9.17, 15) is 19.2 Å². The van der Waals surface area contributed by atoms with E-state index in [4.69, 9.17) is 10.8 Å². The second kappa shape index (κ2) is 20.0. The first-order valence-electron chi connectivity index (χ1n) is 19.7. The molecule has 0 spiro atoms. The van der Waals surface area contributed by atoms with Crippen LogP contribution in [0.1, 0.15) is 76.3 Å². The lowest BCUT2D eigenvalue weighted by Crippen LogP contribution is -2.27. The largest absolute Gasteiger partial charge is 0.478 e. The molecule has 0 bridgehead atoms. The first kappa shape index (κ1) is 41.7. The highest BCUT2D eigenvalue weighted by molar-refractivity contribution is 5.98. The Morgan fingerprint density at radius 1 is 0.610 bits per heavy atom. The molecule has 0 saturated heterocycles. The van der Waals surface area contributed by atoms with Crippen LogP contribution in [0.3, 0.4) is 0 Å². The van der Waals surface area contributed by atoms with Crippen molar-refractivity contribution < 1.29 is 24.3 Å². The van der Waals surface area contributed by atoms with Crippen molar-refractivity contribution in [2.75, 3.05) is 22.9 Å². The number of benzene rings is 4. The number of fused-ring (bicyclic) bond motifs is 2. The topological polar surface area (TPSA) is 173 Å². The van der Waals surface area contributed by atoms with Crippen molar-refractivity contribution in [3.8, 4) is 22.3 Å². The number of aromatic carboxylic acids is 1. The first-order valence-corrected chi connectivity index (χ1v) is 19.7. The molecule has 3 N–H and O–H groups in total. The van der Waals surface area contributed by atoms with Crippen LogP contribution in [0.5, 0.6) is 0 Å². The lowest BCUT2D eigenvalue weighted by molar-refractivity contribution is -0.119. The third-order valence-corrected chi connectivity index (χ3v) is 10.3. The zero-order chi connectivity index (χ0) is 41.7. The summed E-state index contributed by atoms with van der Waals surface area (Å²) in [7, 11) is 0. The van der Waals surface area contributed by atoms with Crippen molar-refractivity contribution in [3.05, 3.63) is 156 Å². The van der Waals surface area contributed by atoms with Crippen LogP contribution < -0.4 is 15.5 Å². The number of amides is 2. The van der Waals surface area contributed by atoms with E-state index in [-0.39, 0.29) is 23.2 Å². The summed E-state index contributed by atoms with van der Waals surface area (Å²) in [5.41, 5.74) is 16.6. The Kier molecular flexibility index (Phi) is 14.1. The fraction of sp³-hybridized carbons (Fsp3) is 0.234. The lowest BCUT2D eigenvalue weighted by atomic mass is 9.98. The number of ketones is 1. The predicted octanol–water partition coefficient (Wildman–Crippen LogP) is 7.54. The molecule has 2 aliphatic heterocycles. The Morgan fingerprint density at radius 2 is 1.07 bits per heavy atom. The van der Waals surface area contributed by atoms with E-state index in [0.717, 1.165) is 70.9 Å². The van der Waals surface area contributed by atoms with Crippen LogP contribution in [-0.4, -0.2) is 61.7 Å². The highest BCUT2D eigenvalue weighted by atomic mass is 16.4. The van der Waals surface area contributed by atoms with E-state index < -0.39 is 5.97 Å². The van der Waals surface area contributed by atoms with Crippen LogP contribution in [-0.2, 0) is 35.4 Å². The molecule has 2 aromatic heterocycles. The maximum absolute atomic E-state index is 12.5. The molecule has 12 heteroatoms. The van der Waals surface area contributed by atoms with Crippen molar-refractivity contribution in [1.29, 1.82) is 0 Å². The number of anilines is 2. The quantitative estimate of drug-likeness (QED) is 0.132. The second-order valence-corrected chi connectivity index (χ2v) is 14.0. The summed E-state index contributed by atoms with van der Waals surface area (Å²) in [5.74, 6) is -0.495. The van der Waals surface area contributed by atoms with Crippen LogP contribution in [0.15, 0.2) is 122 Å². The number of carboxylic acid groups (broad SMARTS) is 1. The SMILES string of the molecule is CCC(=O)N1CCc2cc(-c3ccc(C(=O)CCc4ccncn4)cc3)ccc21.CCC(=O)N1CCc2cc(-c3ccc(C(=O)O)cc3)ccc21.NCc1ccncn1. The Labute approximate surface area is 343 Å². The number of carboxylic acids is 1. The fourth-order valence-corrected chi connectivity index (χ4v) is 7.01. The summed E-state index contributed by atoms with van der Waals surface area (Å²) in [5, 5.41) is 8.94. The minimum atomic E-state index is -0.922. The molecule has 0 saturated carbocycles. The molecular weight excluding hydrogens is 743 g/mol. The first-order chi connectivity index (χ1) is 28.7. The van der Waals surface area contributed by atoms with E-state index in [1.807, 2.05) is 90.4 Å². The van der Waals surface area contributed by atoms with Gasteiger partial charge in [-0.3, -0.25) is 14.4 Å². The Hall–Kier alpha value is -6.92. The van der Waals surface area contributed by atoms with Crippen LogP contribution in [0.25, 0.3) is 22.3 Å². The maximum atomic E-state index is 12.5. The number of hydrogen-bond donors (Lipinski definition) is 2. The van der Waals surface area contributed by atoms with Gasteiger partial charge in [-0.1, -0.05) is 62.4 Å². The summed E-state index contributed by atoms with van der Waals surface area (Å²) < 4.78 is 0. The lowest BCUT2D eigenvalue weighted by Gasteiger charge is -2.16. The van der Waals surface area contributed by atoms with Crippen LogP contribution >= 0.6 is 0 Å². The average Bonchev–Trinajstić information content (AvgIpc) is 3.93. The van der Waals surface area contributed by atoms with Crippen molar-refractivity contribution in [3.63, 3.8) is 0 Å². The van der Waals surface area contributed by atoms with Gasteiger partial charge in [-0.2, -0.15) is 0 Å². The summed E-state index contributed by atoms with van der Waals surface area (Å²) in [6.07, 6.45) is 10.2. The van der Waals surface area contributed by atoms with Gasteiger partial charge in [-0.25, -0.2) is 24.7 Å². The van der Waals surface area contributed by atoms with Gasteiger partial charge in [-0.15, -0.1) is 0 Å². The third kappa shape index (κ3) is 10.5. The van der Waals surface area contributed by atoms with E-state index in [0.29, 0.717) is 37.8 Å². The maximum Gasteiger partial charge on any atom is 0.335 e. The Balaban J connectivity index is 0.000000171. The standard InChI is InChI=1S/C24H23N3O2.C18H17NO3.C5H7N3/c1-2-24(29)27-14-12-20-15-19(7-9-22(20)27)17-3-5-18(6-4-17)23(28)10-8-21-11-13-25-16-26-21;1-2-17(20)19-10-9-15-11-14(7-8-16(15)19)12-3-5-13(6-4-12)18(21)22;6-3-5-1-2-7-4-8-5/h3-7,9,11,13,15-16H,2,8,10,12,14H2,1H3;3-8,11H,2,9-10H2,1H3,(H,21,22);1-2,4H,3,6H2. The summed E-state index contributed by atoms with van der Waals surface area (Å²) in [4.78, 5) is 66.7. The van der Waals surface area contributed by atoms with Crippen LogP contribution in [0.2, 0.25) is 0 Å². The summed E-state index contributed by atoms with van der Waals surface area (Å²) in [6.45, 7) is 5.75. The zero-order valence-corrected chi connectivity index (χ0v) is 33.3. The van der Waals surface area contributed by atoms with E-state index in [1.54, 1.807) is 30.6 Å². The number of nitrogens with two attached hydrogens (primary N) is 1. The molecule has 12 nitrogen and oxygen atoms in total. The molecule has 0 atom stereocenters. The van der Waals surface area contributed by atoms with Gasteiger partial charge < -0.3 is 20.6 Å². The second-order valence-electron chi connectivity index (χ2n) is 14.0. The number of carbonyl (C=O) groups excluding carboxylic acids is 3. The van der Waals surface area contributed by atoms with Crippen LogP contribution in [0.4, 0.5) is 11.4 Å². The molecule has 0 radical (unpaired) electrons. The van der Waals surface area contributed by atoms with Crippen molar-refractivity contribution in [2.45, 2.75) is 58.9 Å². The van der Waals surface area contributed by atoms with Gasteiger partial charge in [-0.05, 0) is 101 Å². The normalized spacial score (nSPS) is 12.3. The van der Waals surface area contributed by atoms with E-state index in [1.165, 1.54) is 23.8 Å². The van der Waals surface area contributed by atoms with Gasteiger partial charge in [0.25, 0.3) is 0 Å². The van der Waals surface area contributed by atoms with Crippen LogP contribution in [0, 0.1) is 0 Å². The van der Waals surface area contributed by atoms with Gasteiger partial charge in [0, 0.05) is 73.9 Å². The number of rotatable bonds is 10.